The van der Waals surface area contributed by atoms with Crippen LogP contribution in [0.1, 0.15) is 25.5 Å². The molecule has 0 atom stereocenters. The largest absolute Gasteiger partial charge is 0.474 e. The Kier molecular flexibility index (Phi) is 5.13. The van der Waals surface area contributed by atoms with E-state index in [2.05, 4.69) is 30.1 Å². The van der Waals surface area contributed by atoms with E-state index in [0.29, 0.717) is 19.0 Å². The minimum absolute atomic E-state index is 0.625. The first-order valence-corrected chi connectivity index (χ1v) is 10.7. The van der Waals surface area contributed by atoms with Crippen molar-refractivity contribution in [2.75, 3.05) is 24.6 Å². The van der Waals surface area contributed by atoms with Crippen molar-refractivity contribution in [1.82, 2.24) is 4.98 Å². The number of ether oxygens (including phenoxy) is 1. The number of fused-ring (bicyclic) bond motifs is 1. The predicted octanol–water partition coefficient (Wildman–Crippen LogP) is 5.21. The number of aliphatic imine (C=N–C) groups is 1. The van der Waals surface area contributed by atoms with Gasteiger partial charge in [0.05, 0.1) is 16.4 Å². The van der Waals surface area contributed by atoms with Crippen LogP contribution in [0.3, 0.4) is 0 Å². The number of nitrogens with two attached hydrogens (primary N) is 1. The van der Waals surface area contributed by atoms with Crippen molar-refractivity contribution in [2.45, 2.75) is 24.0 Å². The van der Waals surface area contributed by atoms with Crippen molar-refractivity contribution in [1.29, 1.82) is 0 Å². The Labute approximate surface area is 161 Å². The third-order valence-corrected chi connectivity index (χ3v) is 6.76. The van der Waals surface area contributed by atoms with Crippen molar-refractivity contribution < 1.29 is 4.74 Å². The van der Waals surface area contributed by atoms with Crippen LogP contribution >= 0.6 is 23.1 Å². The van der Waals surface area contributed by atoms with E-state index in [4.69, 9.17) is 15.5 Å². The van der Waals surface area contributed by atoms with Crippen molar-refractivity contribution in [3.05, 3.63) is 42.1 Å². The molecule has 1 aliphatic rings. The van der Waals surface area contributed by atoms with Crippen LogP contribution in [-0.4, -0.2) is 29.8 Å². The number of unbranched alkanes of at least 4 members (excludes halogenated alkanes) is 1. The zero-order valence-corrected chi connectivity index (χ0v) is 16.3. The Bertz CT molecular complexity index is 951. The topological polar surface area (TPSA) is 60.5 Å². The monoisotopic (exact) mass is 383 g/mol. The molecule has 0 aliphatic carbocycles. The number of pyridine rings is 1. The Hall–Kier alpha value is -2.05. The van der Waals surface area contributed by atoms with Crippen LogP contribution in [0.25, 0.3) is 21.3 Å². The van der Waals surface area contributed by atoms with Gasteiger partial charge in [-0.1, -0.05) is 43.7 Å². The minimum Gasteiger partial charge on any atom is -0.474 e. The first kappa shape index (κ1) is 17.4. The van der Waals surface area contributed by atoms with Crippen LogP contribution in [0.2, 0.25) is 0 Å². The number of benzene rings is 1. The summed E-state index contributed by atoms with van der Waals surface area (Å²) in [7, 11) is 0. The van der Waals surface area contributed by atoms with Gasteiger partial charge in [0, 0.05) is 5.39 Å². The maximum atomic E-state index is 6.55. The number of hydrogen-bond acceptors (Lipinski definition) is 6. The molecule has 134 valence electrons. The smallest absolute Gasteiger partial charge is 0.235 e. The molecule has 1 aliphatic heterocycles. The number of thiophene rings is 1. The van der Waals surface area contributed by atoms with E-state index in [1.54, 1.807) is 11.3 Å². The Morgan fingerprint density at radius 3 is 2.85 bits per heavy atom. The van der Waals surface area contributed by atoms with Gasteiger partial charge in [-0.15, -0.1) is 23.1 Å². The molecular formula is C20H21N3OS2. The number of hydrogen-bond donors (Lipinski definition) is 1. The van der Waals surface area contributed by atoms with Gasteiger partial charge in [0.25, 0.3) is 0 Å². The van der Waals surface area contributed by atoms with E-state index in [9.17, 15) is 0 Å². The van der Waals surface area contributed by atoms with Gasteiger partial charge in [0.15, 0.2) is 0 Å². The SMILES string of the molecule is CCCCSc1sc2nc(C3=NCCO3)cc(-c3ccccc3)c2c1N. The molecule has 0 fully saturated rings. The molecule has 0 saturated heterocycles. The lowest BCUT2D eigenvalue weighted by atomic mass is 10.0. The predicted molar refractivity (Wildman–Crippen MR) is 112 cm³/mol. The fourth-order valence-corrected chi connectivity index (χ4v) is 5.41. The van der Waals surface area contributed by atoms with Crippen LogP contribution in [0, 0.1) is 0 Å². The molecule has 6 heteroatoms. The average molecular weight is 384 g/mol. The zero-order valence-electron chi connectivity index (χ0n) is 14.7. The highest BCUT2D eigenvalue weighted by molar-refractivity contribution is 8.01. The third-order valence-electron chi connectivity index (χ3n) is 4.29. The normalized spacial score (nSPS) is 13.8. The van der Waals surface area contributed by atoms with Crippen LogP contribution < -0.4 is 5.73 Å². The highest BCUT2D eigenvalue weighted by atomic mass is 32.2. The maximum Gasteiger partial charge on any atom is 0.235 e. The number of anilines is 1. The number of aromatic nitrogens is 1. The molecule has 2 aromatic heterocycles. The van der Waals surface area contributed by atoms with Crippen molar-refractivity contribution in [3.8, 4) is 11.1 Å². The summed E-state index contributed by atoms with van der Waals surface area (Å²) in [5, 5.41) is 1.04. The third kappa shape index (κ3) is 3.31. The van der Waals surface area contributed by atoms with E-state index in [1.807, 2.05) is 30.0 Å². The molecule has 1 aromatic carbocycles. The van der Waals surface area contributed by atoms with Gasteiger partial charge in [-0.2, -0.15) is 0 Å². The molecule has 0 amide bonds. The van der Waals surface area contributed by atoms with Crippen LogP contribution in [0.5, 0.6) is 0 Å². The molecule has 2 N–H and O–H groups in total. The van der Waals surface area contributed by atoms with Gasteiger partial charge in [-0.05, 0) is 29.4 Å². The number of thioether (sulfide) groups is 1. The van der Waals surface area contributed by atoms with Gasteiger partial charge in [0.1, 0.15) is 17.1 Å². The highest BCUT2D eigenvalue weighted by Gasteiger charge is 2.20. The molecule has 26 heavy (non-hydrogen) atoms. The molecule has 4 rings (SSSR count). The van der Waals surface area contributed by atoms with Gasteiger partial charge >= 0.3 is 0 Å². The Balaban J connectivity index is 1.87. The second kappa shape index (κ2) is 7.68. The molecule has 4 nitrogen and oxygen atoms in total. The minimum atomic E-state index is 0.625. The summed E-state index contributed by atoms with van der Waals surface area (Å²) in [5.41, 5.74) is 10.4. The summed E-state index contributed by atoms with van der Waals surface area (Å²) in [6.45, 7) is 3.53. The van der Waals surface area contributed by atoms with Crippen molar-refractivity contribution in [2.24, 2.45) is 4.99 Å². The summed E-state index contributed by atoms with van der Waals surface area (Å²) >= 11 is 3.50. The molecule has 0 spiro atoms. The van der Waals surface area contributed by atoms with E-state index >= 15 is 0 Å². The van der Waals surface area contributed by atoms with E-state index < -0.39 is 0 Å². The number of rotatable bonds is 6. The Morgan fingerprint density at radius 2 is 2.12 bits per heavy atom. The van der Waals surface area contributed by atoms with Crippen LogP contribution in [0.15, 0.2) is 45.6 Å². The van der Waals surface area contributed by atoms with Gasteiger partial charge < -0.3 is 10.5 Å². The fraction of sp³-hybridized carbons (Fsp3) is 0.300. The summed E-state index contributed by atoms with van der Waals surface area (Å²) in [6, 6.07) is 12.4. The van der Waals surface area contributed by atoms with E-state index in [0.717, 1.165) is 42.7 Å². The molecular weight excluding hydrogens is 362 g/mol. The maximum absolute atomic E-state index is 6.55. The lowest BCUT2D eigenvalue weighted by Crippen LogP contribution is -2.04. The van der Waals surface area contributed by atoms with E-state index in [1.165, 1.54) is 12.8 Å². The zero-order chi connectivity index (χ0) is 17.9. The summed E-state index contributed by atoms with van der Waals surface area (Å²) in [5.74, 6) is 1.72. The first-order chi connectivity index (χ1) is 12.8. The summed E-state index contributed by atoms with van der Waals surface area (Å²) in [6.07, 6.45) is 2.37. The van der Waals surface area contributed by atoms with Crippen molar-refractivity contribution >= 4 is 44.9 Å². The number of nitrogens with zero attached hydrogens (tertiary/aromatic N) is 2. The van der Waals surface area contributed by atoms with Crippen LogP contribution in [0.4, 0.5) is 5.69 Å². The summed E-state index contributed by atoms with van der Waals surface area (Å²) < 4.78 is 6.81. The van der Waals surface area contributed by atoms with Crippen LogP contribution in [-0.2, 0) is 4.74 Å². The van der Waals surface area contributed by atoms with Gasteiger partial charge in [0.2, 0.25) is 5.90 Å². The lowest BCUT2D eigenvalue weighted by molar-refractivity contribution is 0.347. The Morgan fingerprint density at radius 1 is 1.27 bits per heavy atom. The number of nitrogen functional groups attached to an aromatic ring is 1. The molecule has 0 unspecified atom stereocenters. The average Bonchev–Trinajstić information content (AvgIpc) is 3.31. The molecule has 0 radical (unpaired) electrons. The summed E-state index contributed by atoms with van der Waals surface area (Å²) in [4.78, 5) is 10.2. The van der Waals surface area contributed by atoms with Crippen molar-refractivity contribution in [3.63, 3.8) is 0 Å². The fourth-order valence-electron chi connectivity index (χ4n) is 2.96. The van der Waals surface area contributed by atoms with E-state index in [-0.39, 0.29) is 0 Å². The van der Waals surface area contributed by atoms with Gasteiger partial charge in [-0.3, -0.25) is 0 Å². The van der Waals surface area contributed by atoms with Gasteiger partial charge in [-0.25, -0.2) is 9.98 Å². The molecule has 0 saturated carbocycles. The highest BCUT2D eigenvalue weighted by Crippen LogP contribution is 2.44. The molecule has 3 heterocycles. The standard InChI is InChI=1S/C20H21N3OS2/c1-2-3-11-25-20-17(21)16-14(13-7-5-4-6-8-13)12-15(23-19(16)26-20)18-22-9-10-24-18/h4-8,12H,2-3,9-11,21H2,1H3. The quantitative estimate of drug-likeness (QED) is 0.468. The second-order valence-corrected chi connectivity index (χ2v) is 8.50. The second-order valence-electron chi connectivity index (χ2n) is 6.14. The lowest BCUT2D eigenvalue weighted by Gasteiger charge is -2.08. The molecule has 3 aromatic rings. The first-order valence-electron chi connectivity index (χ1n) is 8.86. The molecule has 0 bridgehead atoms.